The van der Waals surface area contributed by atoms with Gasteiger partial charge in [0.2, 0.25) is 9.84 Å². The first kappa shape index (κ1) is 40.5. The van der Waals surface area contributed by atoms with Crippen LogP contribution >= 0.6 is 0 Å². The number of fused-ring (bicyclic) bond motifs is 4. The van der Waals surface area contributed by atoms with Gasteiger partial charge in [-0.25, -0.2) is 8.42 Å². The number of nitrogens with zero attached hydrogens (tertiary/aromatic N) is 5. The predicted molar refractivity (Wildman–Crippen MR) is 204 cm³/mol. The highest BCUT2D eigenvalue weighted by Crippen LogP contribution is 2.63. The smallest absolute Gasteiger partial charge is 0.214 e. The van der Waals surface area contributed by atoms with E-state index in [4.69, 9.17) is 26.0 Å². The fourth-order valence-electron chi connectivity index (χ4n) is 8.19. The Labute approximate surface area is 324 Å². The van der Waals surface area contributed by atoms with Gasteiger partial charge in [-0.2, -0.15) is 20.9 Å². The van der Waals surface area contributed by atoms with Crippen molar-refractivity contribution in [3.05, 3.63) is 111 Å². The molecule has 14 heteroatoms. The molecule has 288 valence electrons. The number of hydrogen-bond acceptors (Lipinski definition) is 12. The third-order valence-corrected chi connectivity index (χ3v) is 12.7. The molecule has 0 saturated heterocycles. The fourth-order valence-corrected chi connectivity index (χ4v) is 9.96. The minimum atomic E-state index is -4.06. The average molecular weight is 776 g/mol. The number of aryl methyl sites for hydroxylation is 2. The zero-order chi connectivity index (χ0) is 41.7. The van der Waals surface area contributed by atoms with E-state index in [1.54, 1.807) is 51.2 Å². The van der Waals surface area contributed by atoms with E-state index in [0.29, 0.717) is 11.4 Å². The van der Waals surface area contributed by atoms with Crippen LogP contribution in [0.15, 0.2) is 70.5 Å². The Hall–Kier alpha value is -6.69. The molecular formula is C42H41N5O8S. The summed E-state index contributed by atoms with van der Waals surface area (Å²) in [5, 5.41) is 87.4. The second-order valence-corrected chi connectivity index (χ2v) is 17.1. The minimum Gasteiger partial charge on any atom is -0.504 e. The number of aromatic hydroxyl groups is 6. The topological polar surface area (TPSA) is 245 Å². The SMILES string of the molecule is CC1(C)CC2(CC(C)(C)c3cc(O)c(O)cc32)c2ccccc21.Cc1nn(C)c(C)c1S(=O)(=O)c1ccc(C#N)c(O)c1O.N#Cc1ccc(C#N)c(O)c1O. The molecule has 1 heterocycles. The van der Waals surface area contributed by atoms with Gasteiger partial charge in [0, 0.05) is 12.5 Å². The van der Waals surface area contributed by atoms with Crippen LogP contribution in [0, 0.1) is 47.8 Å². The highest BCUT2D eigenvalue weighted by Gasteiger charge is 2.56. The maximum Gasteiger partial charge on any atom is 0.214 e. The van der Waals surface area contributed by atoms with Crippen LogP contribution in [0.1, 0.15) is 90.9 Å². The number of sulfone groups is 1. The number of phenolic OH excluding ortho intramolecular Hbond substituents is 6. The Bertz CT molecular complexity index is 2620. The molecule has 0 saturated carbocycles. The number of phenols is 6. The van der Waals surface area contributed by atoms with Crippen molar-refractivity contribution in [3.63, 3.8) is 0 Å². The summed E-state index contributed by atoms with van der Waals surface area (Å²) in [6, 6.07) is 22.1. The Morgan fingerprint density at radius 1 is 0.643 bits per heavy atom. The van der Waals surface area contributed by atoms with E-state index in [9.17, 15) is 28.8 Å². The molecule has 1 aromatic heterocycles. The Balaban J connectivity index is 0.000000169. The van der Waals surface area contributed by atoms with Gasteiger partial charge in [0.25, 0.3) is 0 Å². The summed E-state index contributed by atoms with van der Waals surface area (Å²) in [5.74, 6) is -2.70. The molecule has 0 fully saturated rings. The Morgan fingerprint density at radius 3 is 1.54 bits per heavy atom. The van der Waals surface area contributed by atoms with Crippen LogP contribution in [0.5, 0.6) is 34.5 Å². The van der Waals surface area contributed by atoms with Gasteiger partial charge < -0.3 is 30.6 Å². The van der Waals surface area contributed by atoms with Crippen molar-refractivity contribution in [1.82, 2.24) is 9.78 Å². The average Bonchev–Trinajstić information content (AvgIpc) is 3.63. The first-order chi connectivity index (χ1) is 26.1. The van der Waals surface area contributed by atoms with Gasteiger partial charge in [-0.3, -0.25) is 4.68 Å². The van der Waals surface area contributed by atoms with Crippen LogP contribution in [0.3, 0.4) is 0 Å². The van der Waals surface area contributed by atoms with Gasteiger partial charge in [-0.1, -0.05) is 52.0 Å². The molecule has 0 radical (unpaired) electrons. The van der Waals surface area contributed by atoms with Crippen LogP contribution in [-0.4, -0.2) is 48.8 Å². The van der Waals surface area contributed by atoms with Crippen LogP contribution in [0.4, 0.5) is 0 Å². The second kappa shape index (κ2) is 14.2. The van der Waals surface area contributed by atoms with Crippen molar-refractivity contribution in [3.8, 4) is 52.7 Å². The summed E-state index contributed by atoms with van der Waals surface area (Å²) >= 11 is 0. The number of hydrogen-bond donors (Lipinski definition) is 6. The summed E-state index contributed by atoms with van der Waals surface area (Å²) < 4.78 is 26.7. The molecule has 1 unspecified atom stereocenters. The molecule has 1 spiro atoms. The molecule has 7 rings (SSSR count). The highest BCUT2D eigenvalue weighted by atomic mass is 32.2. The van der Waals surface area contributed by atoms with E-state index in [1.807, 2.05) is 0 Å². The van der Waals surface area contributed by atoms with E-state index in [1.165, 1.54) is 39.1 Å². The minimum absolute atomic E-state index is 0.0111. The van der Waals surface area contributed by atoms with Gasteiger partial charge in [-0.15, -0.1) is 0 Å². The number of nitriles is 3. The lowest BCUT2D eigenvalue weighted by atomic mass is 9.72. The van der Waals surface area contributed by atoms with Crippen molar-refractivity contribution >= 4 is 9.84 Å². The van der Waals surface area contributed by atoms with Crippen molar-refractivity contribution in [2.75, 3.05) is 0 Å². The molecular weight excluding hydrogens is 735 g/mol. The third-order valence-electron chi connectivity index (χ3n) is 10.6. The lowest BCUT2D eigenvalue weighted by Crippen LogP contribution is -2.26. The van der Waals surface area contributed by atoms with E-state index in [0.717, 1.165) is 25.0 Å². The summed E-state index contributed by atoms with van der Waals surface area (Å²) in [5.41, 5.74) is 5.59. The van der Waals surface area contributed by atoms with E-state index in [-0.39, 0.29) is 49.3 Å². The van der Waals surface area contributed by atoms with Gasteiger partial charge in [0.05, 0.1) is 28.1 Å². The fraction of sp³-hybridized carbons (Fsp3) is 0.286. The molecule has 0 bridgehead atoms. The van der Waals surface area contributed by atoms with Crippen molar-refractivity contribution in [2.45, 2.75) is 80.4 Å². The third kappa shape index (κ3) is 6.57. The molecule has 0 aliphatic heterocycles. The van der Waals surface area contributed by atoms with Gasteiger partial charge in [-0.05, 0) is 96.2 Å². The summed E-state index contributed by atoms with van der Waals surface area (Å²) in [4.78, 5) is -0.484. The van der Waals surface area contributed by atoms with Gasteiger partial charge in [0.15, 0.2) is 34.5 Å². The maximum absolute atomic E-state index is 12.7. The predicted octanol–water partition coefficient (Wildman–Crippen LogP) is 6.74. The van der Waals surface area contributed by atoms with Gasteiger partial charge >= 0.3 is 0 Å². The number of benzene rings is 4. The molecule has 4 aromatic carbocycles. The highest BCUT2D eigenvalue weighted by molar-refractivity contribution is 7.91. The summed E-state index contributed by atoms with van der Waals surface area (Å²) in [6.07, 6.45) is 2.05. The monoisotopic (exact) mass is 775 g/mol. The molecule has 56 heavy (non-hydrogen) atoms. The van der Waals surface area contributed by atoms with Crippen molar-refractivity contribution in [2.24, 2.45) is 7.05 Å². The molecule has 2 aliphatic rings. The first-order valence-electron chi connectivity index (χ1n) is 17.3. The summed E-state index contributed by atoms with van der Waals surface area (Å²) in [6.45, 7) is 12.2. The van der Waals surface area contributed by atoms with Crippen molar-refractivity contribution in [1.29, 1.82) is 15.8 Å². The van der Waals surface area contributed by atoms with Crippen molar-refractivity contribution < 1.29 is 39.1 Å². The standard InChI is InChI=1S/C21H24O2.C13H13N3O4S.C8H4N2O2/c1-19(2)11-21(14-8-6-5-7-13(14)19)12-20(3,4)15-9-17(22)18(23)10-16(15)21;1-7-13(8(2)16(3)15-7)21(19,20)10-5-4-9(6-14)11(17)12(10)18;9-3-5-1-2-6(4-10)8(12)7(5)11/h5-10,22-23H,11-12H2,1-4H3;4-5,17-18H,1-3H3;1-2,11-12H. The molecule has 13 nitrogen and oxygen atoms in total. The van der Waals surface area contributed by atoms with E-state index >= 15 is 0 Å². The summed E-state index contributed by atoms with van der Waals surface area (Å²) in [7, 11) is -2.45. The number of aromatic nitrogens is 2. The zero-order valence-corrected chi connectivity index (χ0v) is 32.6. The largest absolute Gasteiger partial charge is 0.504 e. The molecule has 0 amide bonds. The van der Waals surface area contributed by atoms with Crippen LogP contribution in [-0.2, 0) is 33.1 Å². The number of rotatable bonds is 2. The van der Waals surface area contributed by atoms with Crippen LogP contribution in [0.25, 0.3) is 0 Å². The lowest BCUT2D eigenvalue weighted by molar-refractivity contribution is 0.349. The zero-order valence-electron chi connectivity index (χ0n) is 31.8. The second-order valence-electron chi connectivity index (χ2n) is 15.3. The van der Waals surface area contributed by atoms with Crippen LogP contribution < -0.4 is 0 Å². The van der Waals surface area contributed by atoms with E-state index < -0.39 is 37.7 Å². The first-order valence-corrected chi connectivity index (χ1v) is 18.8. The lowest BCUT2D eigenvalue weighted by Gasteiger charge is -2.30. The van der Waals surface area contributed by atoms with Gasteiger partial charge in [0.1, 0.15) is 28.0 Å². The quantitative estimate of drug-likeness (QED) is 0.102. The van der Waals surface area contributed by atoms with Crippen LogP contribution in [0.2, 0.25) is 0 Å². The molecule has 2 aliphatic carbocycles. The normalized spacial score (nSPS) is 16.9. The molecule has 5 aromatic rings. The van der Waals surface area contributed by atoms with E-state index in [2.05, 4.69) is 57.1 Å². The molecule has 6 N–H and O–H groups in total. The Kier molecular flexibility index (Phi) is 10.3. The Morgan fingerprint density at radius 2 is 1.07 bits per heavy atom. The molecule has 1 atom stereocenters. The maximum atomic E-state index is 12.7.